The largest absolute Gasteiger partial charge is 0.381 e. The number of carbonyl (C=O) groups excluding carboxylic acids is 1. The van der Waals surface area contributed by atoms with Crippen molar-refractivity contribution < 1.29 is 9.53 Å². The van der Waals surface area contributed by atoms with Crippen LogP contribution in [-0.2, 0) is 9.53 Å². The zero-order valence-electron chi connectivity index (χ0n) is 15.8. The summed E-state index contributed by atoms with van der Waals surface area (Å²) < 4.78 is 5.37. The van der Waals surface area contributed by atoms with E-state index in [1.807, 2.05) is 4.90 Å². The molecule has 1 atom stereocenters. The van der Waals surface area contributed by atoms with Crippen molar-refractivity contribution in [3.05, 3.63) is 0 Å². The molecule has 25 heavy (non-hydrogen) atoms. The quantitative estimate of drug-likeness (QED) is 0.716. The van der Waals surface area contributed by atoms with Gasteiger partial charge in [0.15, 0.2) is 0 Å². The van der Waals surface area contributed by atoms with Crippen LogP contribution in [0.4, 0.5) is 0 Å². The van der Waals surface area contributed by atoms with E-state index in [4.69, 9.17) is 10.5 Å². The van der Waals surface area contributed by atoms with E-state index in [-0.39, 0.29) is 36.8 Å². The van der Waals surface area contributed by atoms with Gasteiger partial charge in [0.2, 0.25) is 5.91 Å². The number of ether oxygens (including phenoxy) is 1. The van der Waals surface area contributed by atoms with Crippen molar-refractivity contribution in [3.8, 4) is 0 Å². The zero-order chi connectivity index (χ0) is 16.7. The van der Waals surface area contributed by atoms with Crippen LogP contribution in [0.25, 0.3) is 0 Å². The third-order valence-corrected chi connectivity index (χ3v) is 5.45. The molecular formula is C18H37Cl2N3O2. The minimum atomic E-state index is -0.331. The van der Waals surface area contributed by atoms with Gasteiger partial charge in [-0.2, -0.15) is 0 Å². The standard InChI is InChI=1S/C18H35N3O2.2ClH/c1-3-4-9-20(2)14-15-5-10-21(11-6-15)18(22)17(19)16-7-12-23-13-8-16;;/h15-17H,3-14,19H2,1-2H3;2*1H. The summed E-state index contributed by atoms with van der Waals surface area (Å²) in [5.74, 6) is 1.18. The van der Waals surface area contributed by atoms with E-state index in [9.17, 15) is 4.79 Å². The smallest absolute Gasteiger partial charge is 0.239 e. The van der Waals surface area contributed by atoms with Crippen LogP contribution in [0.2, 0.25) is 0 Å². The Kier molecular flexibility index (Phi) is 13.1. The fourth-order valence-corrected chi connectivity index (χ4v) is 3.78. The maximum absolute atomic E-state index is 12.6. The Morgan fingerprint density at radius 2 is 1.80 bits per heavy atom. The SMILES string of the molecule is CCCCN(C)CC1CCN(C(=O)C(N)C2CCOCC2)CC1.Cl.Cl. The number of hydrogen-bond acceptors (Lipinski definition) is 4. The molecule has 2 rings (SSSR count). The predicted molar refractivity (Wildman–Crippen MR) is 108 cm³/mol. The van der Waals surface area contributed by atoms with Gasteiger partial charge in [-0.15, -0.1) is 24.8 Å². The summed E-state index contributed by atoms with van der Waals surface area (Å²) in [5, 5.41) is 0. The Morgan fingerprint density at radius 1 is 1.20 bits per heavy atom. The Bertz CT molecular complexity index is 360. The number of halogens is 2. The van der Waals surface area contributed by atoms with E-state index in [1.165, 1.54) is 19.4 Å². The molecule has 0 bridgehead atoms. The molecule has 0 aliphatic carbocycles. The highest BCUT2D eigenvalue weighted by molar-refractivity contribution is 5.85. The van der Waals surface area contributed by atoms with Crippen LogP contribution in [0.1, 0.15) is 45.4 Å². The van der Waals surface area contributed by atoms with E-state index >= 15 is 0 Å². The van der Waals surface area contributed by atoms with Gasteiger partial charge in [-0.1, -0.05) is 13.3 Å². The molecule has 150 valence electrons. The van der Waals surface area contributed by atoms with Gasteiger partial charge in [0.1, 0.15) is 0 Å². The molecule has 2 N–H and O–H groups in total. The van der Waals surface area contributed by atoms with Crippen molar-refractivity contribution in [3.63, 3.8) is 0 Å². The Labute approximate surface area is 165 Å². The lowest BCUT2D eigenvalue weighted by Gasteiger charge is -2.37. The van der Waals surface area contributed by atoms with E-state index in [1.54, 1.807) is 0 Å². The minimum absolute atomic E-state index is 0. The molecule has 2 heterocycles. The second-order valence-corrected chi connectivity index (χ2v) is 7.36. The summed E-state index contributed by atoms with van der Waals surface area (Å²) in [4.78, 5) is 17.1. The summed E-state index contributed by atoms with van der Waals surface area (Å²) in [6, 6.07) is -0.331. The maximum Gasteiger partial charge on any atom is 0.239 e. The molecule has 2 aliphatic rings. The molecule has 2 fully saturated rings. The van der Waals surface area contributed by atoms with Crippen LogP contribution in [0.3, 0.4) is 0 Å². The average Bonchev–Trinajstić information content (AvgIpc) is 2.60. The van der Waals surface area contributed by atoms with Gasteiger partial charge in [0.05, 0.1) is 6.04 Å². The highest BCUT2D eigenvalue weighted by atomic mass is 35.5. The second-order valence-electron chi connectivity index (χ2n) is 7.36. The number of unbranched alkanes of at least 4 members (excludes halogenated alkanes) is 1. The molecule has 0 aromatic carbocycles. The molecule has 7 heteroatoms. The summed E-state index contributed by atoms with van der Waals surface area (Å²) >= 11 is 0. The third-order valence-electron chi connectivity index (χ3n) is 5.45. The molecule has 1 amide bonds. The first kappa shape index (κ1) is 24.9. The molecule has 1 unspecified atom stereocenters. The fourth-order valence-electron chi connectivity index (χ4n) is 3.78. The van der Waals surface area contributed by atoms with Crippen LogP contribution in [0.5, 0.6) is 0 Å². The van der Waals surface area contributed by atoms with Crippen molar-refractivity contribution in [1.29, 1.82) is 0 Å². The van der Waals surface area contributed by atoms with E-state index in [0.29, 0.717) is 5.92 Å². The van der Waals surface area contributed by atoms with E-state index in [0.717, 1.165) is 64.4 Å². The molecule has 2 saturated heterocycles. The number of hydrogen-bond donors (Lipinski definition) is 1. The first-order valence-electron chi connectivity index (χ1n) is 9.42. The topological polar surface area (TPSA) is 58.8 Å². The predicted octanol–water partition coefficient (Wildman–Crippen LogP) is 2.55. The van der Waals surface area contributed by atoms with Crippen LogP contribution in [0.15, 0.2) is 0 Å². The monoisotopic (exact) mass is 397 g/mol. The number of nitrogens with two attached hydrogens (primary N) is 1. The van der Waals surface area contributed by atoms with Gasteiger partial charge >= 0.3 is 0 Å². The molecular weight excluding hydrogens is 361 g/mol. The van der Waals surface area contributed by atoms with Crippen LogP contribution < -0.4 is 5.73 Å². The Morgan fingerprint density at radius 3 is 2.36 bits per heavy atom. The number of likely N-dealkylation sites (tertiary alicyclic amines) is 1. The molecule has 0 saturated carbocycles. The fraction of sp³-hybridized carbons (Fsp3) is 0.944. The first-order valence-corrected chi connectivity index (χ1v) is 9.42. The van der Waals surface area contributed by atoms with Gasteiger partial charge in [-0.3, -0.25) is 4.79 Å². The molecule has 0 radical (unpaired) electrons. The number of rotatable bonds is 7. The van der Waals surface area contributed by atoms with Crippen LogP contribution >= 0.6 is 24.8 Å². The van der Waals surface area contributed by atoms with Gasteiger partial charge in [-0.05, 0) is 57.5 Å². The number of nitrogens with zero attached hydrogens (tertiary/aromatic N) is 2. The first-order chi connectivity index (χ1) is 11.1. The lowest BCUT2D eigenvalue weighted by molar-refractivity contribution is -0.136. The summed E-state index contributed by atoms with van der Waals surface area (Å²) in [6.07, 6.45) is 6.60. The van der Waals surface area contributed by atoms with Crippen molar-refractivity contribution in [2.75, 3.05) is 46.4 Å². The lowest BCUT2D eigenvalue weighted by Crippen LogP contribution is -2.51. The zero-order valence-corrected chi connectivity index (χ0v) is 17.5. The number of piperidine rings is 1. The lowest BCUT2D eigenvalue weighted by atomic mass is 9.90. The Balaban J connectivity index is 0.00000288. The van der Waals surface area contributed by atoms with Crippen molar-refractivity contribution in [2.45, 2.75) is 51.5 Å². The molecule has 2 aliphatic heterocycles. The molecule has 5 nitrogen and oxygen atoms in total. The van der Waals surface area contributed by atoms with Gasteiger partial charge < -0.3 is 20.3 Å². The Hall–Kier alpha value is -0.0700. The summed E-state index contributed by atoms with van der Waals surface area (Å²) in [6.45, 7) is 7.83. The summed E-state index contributed by atoms with van der Waals surface area (Å²) in [7, 11) is 2.22. The van der Waals surface area contributed by atoms with Gasteiger partial charge in [-0.25, -0.2) is 0 Å². The van der Waals surface area contributed by atoms with Crippen LogP contribution in [0, 0.1) is 11.8 Å². The van der Waals surface area contributed by atoms with Crippen molar-refractivity contribution in [1.82, 2.24) is 9.80 Å². The van der Waals surface area contributed by atoms with Crippen LogP contribution in [-0.4, -0.2) is 68.2 Å². The highest BCUT2D eigenvalue weighted by Crippen LogP contribution is 2.22. The average molecular weight is 398 g/mol. The number of amides is 1. The molecule has 0 aromatic heterocycles. The molecule has 0 aromatic rings. The molecule has 0 spiro atoms. The van der Waals surface area contributed by atoms with Crippen molar-refractivity contribution >= 4 is 30.7 Å². The maximum atomic E-state index is 12.6. The van der Waals surface area contributed by atoms with Gasteiger partial charge in [0, 0.05) is 32.8 Å². The van der Waals surface area contributed by atoms with Crippen molar-refractivity contribution in [2.24, 2.45) is 17.6 Å². The van der Waals surface area contributed by atoms with Gasteiger partial charge in [0.25, 0.3) is 0 Å². The van der Waals surface area contributed by atoms with E-state index in [2.05, 4.69) is 18.9 Å². The number of carbonyl (C=O) groups is 1. The summed E-state index contributed by atoms with van der Waals surface area (Å²) in [5.41, 5.74) is 6.24. The normalized spacial score (nSPS) is 20.7. The second kappa shape index (κ2) is 13.2. The highest BCUT2D eigenvalue weighted by Gasteiger charge is 2.32. The minimum Gasteiger partial charge on any atom is -0.381 e. The van der Waals surface area contributed by atoms with E-state index < -0.39 is 0 Å². The third kappa shape index (κ3) is 8.00.